The molecule has 2 rings (SSSR count). The van der Waals surface area contributed by atoms with Crippen LogP contribution in [-0.2, 0) is 20.9 Å². The van der Waals surface area contributed by atoms with Gasteiger partial charge >= 0.3 is 5.97 Å². The van der Waals surface area contributed by atoms with Crippen molar-refractivity contribution in [1.29, 1.82) is 0 Å². The first kappa shape index (κ1) is 14.8. The minimum Gasteiger partial charge on any atom is -0.478 e. The highest BCUT2D eigenvalue weighted by Gasteiger charge is 2.26. The zero-order chi connectivity index (χ0) is 15.2. The number of benzene rings is 1. The molecule has 0 saturated carbocycles. The Labute approximate surface area is 121 Å². The van der Waals surface area contributed by atoms with Gasteiger partial charge in [0.25, 0.3) is 0 Å². The van der Waals surface area contributed by atoms with Crippen LogP contribution in [0.2, 0.25) is 0 Å². The zero-order valence-electron chi connectivity index (χ0n) is 11.3. The molecule has 2 amide bonds. The molecule has 0 bridgehead atoms. The van der Waals surface area contributed by atoms with Crippen LogP contribution in [0.3, 0.4) is 0 Å². The van der Waals surface area contributed by atoms with Crippen molar-refractivity contribution in [3.63, 3.8) is 0 Å². The van der Waals surface area contributed by atoms with Crippen molar-refractivity contribution in [3.8, 4) is 0 Å². The molecule has 110 valence electrons. The lowest BCUT2D eigenvalue weighted by Crippen LogP contribution is -2.41. The molecule has 0 aromatic heterocycles. The Morgan fingerprint density at radius 3 is 2.90 bits per heavy atom. The van der Waals surface area contributed by atoms with Crippen molar-refractivity contribution in [1.82, 2.24) is 10.6 Å². The monoisotopic (exact) mass is 288 g/mol. The summed E-state index contributed by atoms with van der Waals surface area (Å²) in [5, 5.41) is 14.0. The number of carbonyl (C=O) groups excluding carboxylic acids is 2. The molecular formula is C15H16N2O4. The van der Waals surface area contributed by atoms with Gasteiger partial charge in [-0.15, -0.1) is 0 Å². The predicted octanol–water partition coefficient (Wildman–Crippen LogP) is 0.679. The smallest absolute Gasteiger partial charge is 0.328 e. The summed E-state index contributed by atoms with van der Waals surface area (Å²) in [5.41, 5.74) is 1.61. The lowest BCUT2D eigenvalue weighted by Gasteiger charge is -2.11. The minimum atomic E-state index is -1.01. The van der Waals surface area contributed by atoms with Crippen molar-refractivity contribution >= 4 is 23.9 Å². The summed E-state index contributed by atoms with van der Waals surface area (Å²) in [7, 11) is 0. The van der Waals surface area contributed by atoms with Gasteiger partial charge in [-0.2, -0.15) is 0 Å². The second kappa shape index (κ2) is 6.69. The third-order valence-electron chi connectivity index (χ3n) is 3.15. The first-order chi connectivity index (χ1) is 10.0. The summed E-state index contributed by atoms with van der Waals surface area (Å²) in [4.78, 5) is 33.4. The van der Waals surface area contributed by atoms with Gasteiger partial charge in [-0.3, -0.25) is 9.59 Å². The molecule has 0 radical (unpaired) electrons. The third kappa shape index (κ3) is 4.45. The largest absolute Gasteiger partial charge is 0.478 e. The second-order valence-corrected chi connectivity index (χ2v) is 4.79. The molecule has 0 spiro atoms. The van der Waals surface area contributed by atoms with E-state index in [9.17, 15) is 14.4 Å². The van der Waals surface area contributed by atoms with Gasteiger partial charge in [0, 0.05) is 19.0 Å². The van der Waals surface area contributed by atoms with Crippen LogP contribution in [0.1, 0.15) is 24.0 Å². The molecule has 1 fully saturated rings. The summed E-state index contributed by atoms with van der Waals surface area (Å²) in [5.74, 6) is -1.31. The van der Waals surface area contributed by atoms with Crippen molar-refractivity contribution < 1.29 is 19.5 Å². The van der Waals surface area contributed by atoms with Gasteiger partial charge in [-0.25, -0.2) is 4.79 Å². The van der Waals surface area contributed by atoms with E-state index in [0.29, 0.717) is 19.4 Å². The number of amides is 2. The SMILES string of the molecule is O=C(O)C=Cc1cccc(CNC(=O)C2CCC(=O)N2)c1. The van der Waals surface area contributed by atoms with E-state index in [0.717, 1.165) is 17.2 Å². The molecule has 0 aliphatic carbocycles. The van der Waals surface area contributed by atoms with E-state index in [-0.39, 0.29) is 11.8 Å². The number of nitrogens with one attached hydrogen (secondary N) is 2. The van der Waals surface area contributed by atoms with Gasteiger partial charge in [0.15, 0.2) is 0 Å². The summed E-state index contributed by atoms with van der Waals surface area (Å²) in [6, 6.07) is 6.76. The van der Waals surface area contributed by atoms with Crippen molar-refractivity contribution in [2.45, 2.75) is 25.4 Å². The van der Waals surface area contributed by atoms with Gasteiger partial charge in [-0.05, 0) is 29.7 Å². The zero-order valence-corrected chi connectivity index (χ0v) is 11.3. The molecule has 3 N–H and O–H groups in total. The molecule has 1 heterocycles. The molecule has 1 aromatic rings. The van der Waals surface area contributed by atoms with E-state index in [1.54, 1.807) is 18.2 Å². The van der Waals surface area contributed by atoms with Crippen LogP contribution in [-0.4, -0.2) is 28.9 Å². The number of carboxylic acid groups (broad SMARTS) is 1. The van der Waals surface area contributed by atoms with Crippen LogP contribution in [0.4, 0.5) is 0 Å². The van der Waals surface area contributed by atoms with E-state index in [1.807, 2.05) is 6.07 Å². The van der Waals surface area contributed by atoms with Gasteiger partial charge in [0.2, 0.25) is 11.8 Å². The van der Waals surface area contributed by atoms with Crippen molar-refractivity contribution in [3.05, 3.63) is 41.5 Å². The van der Waals surface area contributed by atoms with Crippen LogP contribution in [0.25, 0.3) is 6.08 Å². The van der Waals surface area contributed by atoms with Gasteiger partial charge < -0.3 is 15.7 Å². The number of carboxylic acids is 1. The highest BCUT2D eigenvalue weighted by atomic mass is 16.4. The average Bonchev–Trinajstić information content (AvgIpc) is 2.90. The van der Waals surface area contributed by atoms with Crippen LogP contribution in [0, 0.1) is 0 Å². The number of carbonyl (C=O) groups is 3. The molecule has 1 aliphatic heterocycles. The standard InChI is InChI=1S/C15H16N2O4/c18-13-6-5-12(17-13)15(21)16-9-11-3-1-2-10(8-11)4-7-14(19)20/h1-4,7-8,12H,5-6,9H2,(H,16,21)(H,17,18)(H,19,20). The Kier molecular flexibility index (Phi) is 4.71. The van der Waals surface area contributed by atoms with E-state index < -0.39 is 12.0 Å². The fraction of sp³-hybridized carbons (Fsp3) is 0.267. The van der Waals surface area contributed by atoms with Gasteiger partial charge in [-0.1, -0.05) is 18.2 Å². The maximum atomic E-state index is 11.8. The topological polar surface area (TPSA) is 95.5 Å². The number of aliphatic carboxylic acids is 1. The molecule has 1 saturated heterocycles. The normalized spacial score (nSPS) is 17.7. The molecular weight excluding hydrogens is 272 g/mol. The van der Waals surface area contributed by atoms with Gasteiger partial charge in [0.1, 0.15) is 6.04 Å². The van der Waals surface area contributed by atoms with E-state index >= 15 is 0 Å². The number of hydrogen-bond donors (Lipinski definition) is 3. The Hall–Kier alpha value is -2.63. The summed E-state index contributed by atoms with van der Waals surface area (Å²) in [6.07, 6.45) is 3.45. The molecule has 1 atom stereocenters. The van der Waals surface area contributed by atoms with Crippen LogP contribution < -0.4 is 10.6 Å². The highest BCUT2D eigenvalue weighted by Crippen LogP contribution is 2.09. The van der Waals surface area contributed by atoms with Crippen molar-refractivity contribution in [2.24, 2.45) is 0 Å². The lowest BCUT2D eigenvalue weighted by molar-refractivity contribution is -0.131. The Balaban J connectivity index is 1.91. The average molecular weight is 288 g/mol. The summed E-state index contributed by atoms with van der Waals surface area (Å²) in [6.45, 7) is 0.333. The Morgan fingerprint density at radius 1 is 1.43 bits per heavy atom. The molecule has 1 aromatic carbocycles. The quantitative estimate of drug-likeness (QED) is 0.694. The first-order valence-electron chi connectivity index (χ1n) is 6.61. The minimum absolute atomic E-state index is 0.101. The molecule has 1 unspecified atom stereocenters. The third-order valence-corrected chi connectivity index (χ3v) is 3.15. The fourth-order valence-corrected chi connectivity index (χ4v) is 2.10. The molecule has 6 nitrogen and oxygen atoms in total. The van der Waals surface area contributed by atoms with Crippen LogP contribution in [0.15, 0.2) is 30.3 Å². The van der Waals surface area contributed by atoms with E-state index in [2.05, 4.69) is 10.6 Å². The lowest BCUT2D eigenvalue weighted by atomic mass is 10.1. The van der Waals surface area contributed by atoms with Crippen LogP contribution >= 0.6 is 0 Å². The van der Waals surface area contributed by atoms with E-state index in [1.165, 1.54) is 6.08 Å². The molecule has 1 aliphatic rings. The predicted molar refractivity (Wildman–Crippen MR) is 76.1 cm³/mol. The second-order valence-electron chi connectivity index (χ2n) is 4.79. The maximum absolute atomic E-state index is 11.8. The highest BCUT2D eigenvalue weighted by molar-refractivity contribution is 5.90. The van der Waals surface area contributed by atoms with Crippen LogP contribution in [0.5, 0.6) is 0 Å². The fourth-order valence-electron chi connectivity index (χ4n) is 2.10. The molecule has 21 heavy (non-hydrogen) atoms. The first-order valence-corrected chi connectivity index (χ1v) is 6.61. The Morgan fingerprint density at radius 2 is 2.24 bits per heavy atom. The summed E-state index contributed by atoms with van der Waals surface area (Å²) >= 11 is 0. The van der Waals surface area contributed by atoms with E-state index in [4.69, 9.17) is 5.11 Å². The Bertz CT molecular complexity index is 595. The maximum Gasteiger partial charge on any atom is 0.328 e. The summed E-state index contributed by atoms with van der Waals surface area (Å²) < 4.78 is 0. The number of rotatable bonds is 5. The number of hydrogen-bond acceptors (Lipinski definition) is 3. The van der Waals surface area contributed by atoms with Crippen molar-refractivity contribution in [2.75, 3.05) is 0 Å². The van der Waals surface area contributed by atoms with Gasteiger partial charge in [0.05, 0.1) is 0 Å². The molecule has 6 heteroatoms.